The van der Waals surface area contributed by atoms with Gasteiger partial charge in [0.2, 0.25) is 0 Å². The SMILES string of the molecule is CCCNC1(C#N)CCCC(CCC)CC1. The van der Waals surface area contributed by atoms with E-state index >= 15 is 0 Å². The lowest BCUT2D eigenvalue weighted by atomic mass is 9.90. The third-order valence-corrected chi connectivity index (χ3v) is 3.82. The van der Waals surface area contributed by atoms with Crippen LogP contribution in [0.5, 0.6) is 0 Å². The van der Waals surface area contributed by atoms with E-state index in [9.17, 15) is 5.26 Å². The van der Waals surface area contributed by atoms with E-state index in [1.807, 2.05) is 0 Å². The molecule has 0 spiro atoms. The highest BCUT2D eigenvalue weighted by atomic mass is 15.0. The van der Waals surface area contributed by atoms with Crippen LogP contribution in [0.1, 0.15) is 65.2 Å². The van der Waals surface area contributed by atoms with E-state index in [4.69, 9.17) is 0 Å². The average molecular weight is 222 g/mol. The molecule has 1 aliphatic rings. The quantitative estimate of drug-likeness (QED) is 0.721. The van der Waals surface area contributed by atoms with Crippen LogP contribution in [0.2, 0.25) is 0 Å². The molecule has 0 bridgehead atoms. The first-order chi connectivity index (χ1) is 7.76. The van der Waals surface area contributed by atoms with Crippen molar-refractivity contribution in [2.75, 3.05) is 6.54 Å². The Balaban J connectivity index is 2.51. The minimum absolute atomic E-state index is 0.210. The van der Waals surface area contributed by atoms with Crippen LogP contribution in [0.25, 0.3) is 0 Å². The molecule has 0 amide bonds. The maximum Gasteiger partial charge on any atom is 0.106 e. The number of rotatable bonds is 5. The Morgan fingerprint density at radius 3 is 2.69 bits per heavy atom. The van der Waals surface area contributed by atoms with Crippen molar-refractivity contribution in [2.24, 2.45) is 5.92 Å². The summed E-state index contributed by atoms with van der Waals surface area (Å²) in [5, 5.41) is 12.9. The predicted octanol–water partition coefficient (Wildman–Crippen LogP) is 3.63. The summed E-state index contributed by atoms with van der Waals surface area (Å²) < 4.78 is 0. The topological polar surface area (TPSA) is 35.8 Å². The Morgan fingerprint density at radius 2 is 2.06 bits per heavy atom. The van der Waals surface area contributed by atoms with Crippen molar-refractivity contribution in [1.82, 2.24) is 5.32 Å². The van der Waals surface area contributed by atoms with Crippen LogP contribution in [0.3, 0.4) is 0 Å². The molecule has 2 atom stereocenters. The van der Waals surface area contributed by atoms with Crippen LogP contribution in [0, 0.1) is 17.2 Å². The van der Waals surface area contributed by atoms with Gasteiger partial charge in [-0.1, -0.05) is 39.5 Å². The van der Waals surface area contributed by atoms with Crippen molar-refractivity contribution in [3.05, 3.63) is 0 Å². The zero-order chi connectivity index (χ0) is 11.9. The second-order valence-corrected chi connectivity index (χ2v) is 5.21. The summed E-state index contributed by atoms with van der Waals surface area (Å²) >= 11 is 0. The van der Waals surface area contributed by atoms with Crippen molar-refractivity contribution in [1.29, 1.82) is 5.26 Å². The standard InChI is InChI=1S/C14H26N2/c1-3-6-13-7-5-9-14(12-15,10-8-13)16-11-4-2/h13,16H,3-11H2,1-2H3. The lowest BCUT2D eigenvalue weighted by molar-refractivity contribution is 0.354. The highest BCUT2D eigenvalue weighted by molar-refractivity contribution is 5.08. The van der Waals surface area contributed by atoms with E-state index in [0.717, 1.165) is 31.7 Å². The zero-order valence-electron chi connectivity index (χ0n) is 10.9. The fourth-order valence-corrected chi connectivity index (χ4v) is 2.80. The van der Waals surface area contributed by atoms with Gasteiger partial charge < -0.3 is 0 Å². The molecule has 1 fully saturated rings. The maximum absolute atomic E-state index is 9.40. The van der Waals surface area contributed by atoms with Gasteiger partial charge in [-0.15, -0.1) is 0 Å². The van der Waals surface area contributed by atoms with E-state index in [2.05, 4.69) is 25.2 Å². The van der Waals surface area contributed by atoms with Crippen molar-refractivity contribution in [2.45, 2.75) is 70.8 Å². The Labute approximate surface area is 100 Å². The molecule has 1 N–H and O–H groups in total. The maximum atomic E-state index is 9.40. The first-order valence-corrected chi connectivity index (χ1v) is 6.92. The summed E-state index contributed by atoms with van der Waals surface area (Å²) in [6.45, 7) is 5.40. The van der Waals surface area contributed by atoms with Crippen LogP contribution >= 0.6 is 0 Å². The van der Waals surface area contributed by atoms with Crippen LogP contribution in [-0.4, -0.2) is 12.1 Å². The van der Waals surface area contributed by atoms with Gasteiger partial charge in [0.1, 0.15) is 5.54 Å². The Morgan fingerprint density at radius 1 is 1.25 bits per heavy atom. The fraction of sp³-hybridized carbons (Fsp3) is 0.929. The Hall–Kier alpha value is -0.550. The number of nitriles is 1. The minimum atomic E-state index is -0.210. The third kappa shape index (κ3) is 3.79. The molecule has 1 saturated carbocycles. The lowest BCUT2D eigenvalue weighted by Gasteiger charge is -2.26. The number of nitrogens with one attached hydrogen (secondary N) is 1. The molecule has 1 aliphatic carbocycles. The second-order valence-electron chi connectivity index (χ2n) is 5.21. The molecule has 0 saturated heterocycles. The van der Waals surface area contributed by atoms with Gasteiger partial charge in [0.05, 0.1) is 6.07 Å². The van der Waals surface area contributed by atoms with Gasteiger partial charge in [-0.2, -0.15) is 5.26 Å². The summed E-state index contributed by atoms with van der Waals surface area (Å²) in [5.41, 5.74) is -0.210. The molecular formula is C14H26N2. The smallest absolute Gasteiger partial charge is 0.106 e. The molecule has 2 nitrogen and oxygen atoms in total. The summed E-state index contributed by atoms with van der Waals surface area (Å²) in [7, 11) is 0. The zero-order valence-corrected chi connectivity index (χ0v) is 10.9. The first-order valence-electron chi connectivity index (χ1n) is 6.92. The molecule has 2 heteroatoms. The number of hydrogen-bond donors (Lipinski definition) is 1. The van der Waals surface area contributed by atoms with Crippen molar-refractivity contribution in [3.8, 4) is 6.07 Å². The molecule has 0 aromatic carbocycles. The highest BCUT2D eigenvalue weighted by Gasteiger charge is 2.32. The summed E-state index contributed by atoms with van der Waals surface area (Å²) in [6.07, 6.45) is 9.61. The average Bonchev–Trinajstić information content (AvgIpc) is 2.51. The van der Waals surface area contributed by atoms with E-state index in [0.29, 0.717) is 0 Å². The first kappa shape index (κ1) is 13.5. The molecule has 1 rings (SSSR count). The number of hydrogen-bond acceptors (Lipinski definition) is 2. The molecular weight excluding hydrogens is 196 g/mol. The van der Waals surface area contributed by atoms with Gasteiger partial charge in [0.25, 0.3) is 0 Å². The van der Waals surface area contributed by atoms with E-state index in [1.54, 1.807) is 0 Å². The molecule has 0 aromatic rings. The lowest BCUT2D eigenvalue weighted by Crippen LogP contribution is -2.43. The van der Waals surface area contributed by atoms with Crippen LogP contribution in [0.4, 0.5) is 0 Å². The van der Waals surface area contributed by atoms with Crippen molar-refractivity contribution in [3.63, 3.8) is 0 Å². The van der Waals surface area contributed by atoms with Crippen LogP contribution < -0.4 is 5.32 Å². The van der Waals surface area contributed by atoms with Gasteiger partial charge in [0, 0.05) is 0 Å². The predicted molar refractivity (Wildman–Crippen MR) is 68.1 cm³/mol. The van der Waals surface area contributed by atoms with Crippen LogP contribution in [0.15, 0.2) is 0 Å². The van der Waals surface area contributed by atoms with E-state index in [1.165, 1.54) is 32.1 Å². The molecule has 0 heterocycles. The van der Waals surface area contributed by atoms with Crippen molar-refractivity contribution >= 4 is 0 Å². The summed E-state index contributed by atoms with van der Waals surface area (Å²) in [5.74, 6) is 0.864. The number of nitrogens with zero attached hydrogens (tertiary/aromatic N) is 1. The van der Waals surface area contributed by atoms with E-state index < -0.39 is 0 Å². The van der Waals surface area contributed by atoms with Gasteiger partial charge >= 0.3 is 0 Å². The summed E-state index contributed by atoms with van der Waals surface area (Å²) in [6, 6.07) is 2.54. The molecule has 2 unspecified atom stereocenters. The Bertz CT molecular complexity index is 231. The van der Waals surface area contributed by atoms with E-state index in [-0.39, 0.29) is 5.54 Å². The van der Waals surface area contributed by atoms with Gasteiger partial charge in [-0.05, 0) is 38.1 Å². The Kier molecular flexibility index (Phi) is 5.84. The highest BCUT2D eigenvalue weighted by Crippen LogP contribution is 2.32. The molecule has 0 radical (unpaired) electrons. The largest absolute Gasteiger partial charge is 0.299 e. The molecule has 16 heavy (non-hydrogen) atoms. The second kappa shape index (κ2) is 6.91. The van der Waals surface area contributed by atoms with Gasteiger partial charge in [-0.25, -0.2) is 0 Å². The molecule has 0 aromatic heterocycles. The fourth-order valence-electron chi connectivity index (χ4n) is 2.80. The third-order valence-electron chi connectivity index (χ3n) is 3.82. The normalized spacial score (nSPS) is 30.7. The van der Waals surface area contributed by atoms with Crippen LogP contribution in [-0.2, 0) is 0 Å². The summed E-state index contributed by atoms with van der Waals surface area (Å²) in [4.78, 5) is 0. The minimum Gasteiger partial charge on any atom is -0.299 e. The molecule has 92 valence electrons. The van der Waals surface area contributed by atoms with Crippen molar-refractivity contribution < 1.29 is 0 Å². The monoisotopic (exact) mass is 222 g/mol. The molecule has 0 aliphatic heterocycles. The van der Waals surface area contributed by atoms with Gasteiger partial charge in [-0.3, -0.25) is 5.32 Å². The van der Waals surface area contributed by atoms with Gasteiger partial charge in [0.15, 0.2) is 0 Å².